The van der Waals surface area contributed by atoms with Crippen molar-refractivity contribution in [2.24, 2.45) is 14.1 Å². The fourth-order valence-electron chi connectivity index (χ4n) is 3.51. The zero-order chi connectivity index (χ0) is 23.2. The number of carbonyl (C=O) groups is 1. The molecule has 164 valence electrons. The van der Waals surface area contributed by atoms with Crippen LogP contribution in [0.5, 0.6) is 0 Å². The Hall–Kier alpha value is -3.72. The summed E-state index contributed by atoms with van der Waals surface area (Å²) in [5.41, 5.74) is 2.44. The van der Waals surface area contributed by atoms with Gasteiger partial charge in [0.25, 0.3) is 11.5 Å². The number of benzene rings is 1. The highest BCUT2D eigenvalue weighted by Gasteiger charge is 2.21. The molecular weight excluding hydrogens is 432 g/mol. The minimum atomic E-state index is -0.494. The van der Waals surface area contributed by atoms with Gasteiger partial charge in [-0.25, -0.2) is 14.5 Å². The highest BCUT2D eigenvalue weighted by molar-refractivity contribution is 6.33. The van der Waals surface area contributed by atoms with Crippen LogP contribution in [0.3, 0.4) is 0 Å². The van der Waals surface area contributed by atoms with E-state index in [0.717, 1.165) is 15.7 Å². The van der Waals surface area contributed by atoms with Crippen LogP contribution in [-0.2, 0) is 20.6 Å². The van der Waals surface area contributed by atoms with Gasteiger partial charge in [-0.3, -0.25) is 18.7 Å². The first-order valence-corrected chi connectivity index (χ1v) is 10.2. The average molecular weight is 453 g/mol. The van der Waals surface area contributed by atoms with Gasteiger partial charge in [0.1, 0.15) is 10.8 Å². The van der Waals surface area contributed by atoms with E-state index >= 15 is 0 Å². The Kier molecular flexibility index (Phi) is 5.43. The van der Waals surface area contributed by atoms with Crippen molar-refractivity contribution in [1.29, 1.82) is 0 Å². The van der Waals surface area contributed by atoms with E-state index in [2.05, 4.69) is 15.4 Å². The molecule has 0 radical (unpaired) electrons. The van der Waals surface area contributed by atoms with Gasteiger partial charge in [0.05, 0.1) is 35.1 Å². The van der Waals surface area contributed by atoms with Crippen LogP contribution >= 0.6 is 11.6 Å². The third-order valence-electron chi connectivity index (χ3n) is 5.30. The van der Waals surface area contributed by atoms with Gasteiger partial charge in [-0.15, -0.1) is 0 Å². The van der Waals surface area contributed by atoms with Crippen molar-refractivity contribution in [3.63, 3.8) is 0 Å². The molecule has 0 aliphatic heterocycles. The molecule has 10 heteroatoms. The lowest BCUT2D eigenvalue weighted by atomic mass is 10.1. The lowest BCUT2D eigenvalue weighted by Gasteiger charge is -2.09. The van der Waals surface area contributed by atoms with Gasteiger partial charge in [-0.2, -0.15) is 5.10 Å². The van der Waals surface area contributed by atoms with E-state index in [1.54, 1.807) is 11.6 Å². The molecule has 1 aromatic carbocycles. The van der Waals surface area contributed by atoms with Gasteiger partial charge >= 0.3 is 5.69 Å². The molecule has 0 atom stereocenters. The summed E-state index contributed by atoms with van der Waals surface area (Å²) in [4.78, 5) is 41.7. The van der Waals surface area contributed by atoms with E-state index in [4.69, 9.17) is 11.6 Å². The van der Waals surface area contributed by atoms with E-state index in [-0.39, 0.29) is 21.7 Å². The molecule has 0 unspecified atom stereocenters. The third-order valence-corrected chi connectivity index (χ3v) is 5.68. The van der Waals surface area contributed by atoms with Crippen LogP contribution in [0, 0.1) is 13.8 Å². The van der Waals surface area contributed by atoms with Crippen LogP contribution in [0.2, 0.25) is 5.15 Å². The molecule has 0 spiro atoms. The van der Waals surface area contributed by atoms with Crippen molar-refractivity contribution in [3.8, 4) is 0 Å². The minimum absolute atomic E-state index is 0.213. The second-order valence-corrected chi connectivity index (χ2v) is 8.01. The number of aromatic nitrogens is 5. The summed E-state index contributed by atoms with van der Waals surface area (Å²) in [5.74, 6) is -0.467. The molecule has 0 aliphatic rings. The number of anilines is 1. The molecule has 3 aromatic heterocycles. The molecule has 9 nitrogen and oxygen atoms in total. The Morgan fingerprint density at radius 3 is 2.47 bits per heavy atom. The largest absolute Gasteiger partial charge is 0.332 e. The molecule has 0 aliphatic carbocycles. The SMILES string of the molecule is Cc1ccc(Cn2nc(C)c(C(=O)Nc3cnc4c(c3)c(=O)n(C)c(=O)n4C)c2Cl)cc1. The molecule has 1 amide bonds. The third kappa shape index (κ3) is 3.71. The second kappa shape index (κ2) is 8.08. The number of carbonyl (C=O) groups excluding carboxylic acids is 1. The van der Waals surface area contributed by atoms with E-state index in [9.17, 15) is 14.4 Å². The van der Waals surface area contributed by atoms with Crippen molar-refractivity contribution in [3.05, 3.63) is 84.9 Å². The van der Waals surface area contributed by atoms with E-state index in [1.807, 2.05) is 31.2 Å². The van der Waals surface area contributed by atoms with Gasteiger partial charge in [-0.1, -0.05) is 41.4 Å². The number of amides is 1. The average Bonchev–Trinajstić information content (AvgIpc) is 3.05. The molecular formula is C22H21ClN6O3. The Balaban J connectivity index is 1.65. The Labute approximate surface area is 187 Å². The number of fused-ring (bicyclic) bond motifs is 1. The maximum atomic E-state index is 13.0. The smallest absolute Gasteiger partial charge is 0.320 e. The van der Waals surface area contributed by atoms with Crippen molar-refractivity contribution in [2.45, 2.75) is 20.4 Å². The molecule has 3 heterocycles. The van der Waals surface area contributed by atoms with E-state index in [1.165, 1.54) is 30.9 Å². The van der Waals surface area contributed by atoms with E-state index < -0.39 is 17.2 Å². The number of nitrogens with one attached hydrogen (secondary N) is 1. The van der Waals surface area contributed by atoms with Crippen LogP contribution in [0.25, 0.3) is 11.0 Å². The zero-order valence-electron chi connectivity index (χ0n) is 18.0. The second-order valence-electron chi connectivity index (χ2n) is 7.65. The van der Waals surface area contributed by atoms with Crippen molar-refractivity contribution >= 4 is 34.2 Å². The van der Waals surface area contributed by atoms with Crippen LogP contribution in [0.15, 0.2) is 46.1 Å². The normalized spacial score (nSPS) is 11.2. The molecule has 0 bridgehead atoms. The number of nitrogens with zero attached hydrogens (tertiary/aromatic N) is 5. The van der Waals surface area contributed by atoms with Crippen LogP contribution < -0.4 is 16.6 Å². The summed E-state index contributed by atoms with van der Waals surface area (Å²) in [7, 11) is 2.92. The van der Waals surface area contributed by atoms with Gasteiger partial charge in [-0.05, 0) is 25.5 Å². The van der Waals surface area contributed by atoms with Gasteiger partial charge in [0.15, 0.2) is 0 Å². The summed E-state index contributed by atoms with van der Waals surface area (Å²) in [6.07, 6.45) is 1.39. The summed E-state index contributed by atoms with van der Waals surface area (Å²) in [5, 5.41) is 7.56. The first-order valence-electron chi connectivity index (χ1n) is 9.83. The van der Waals surface area contributed by atoms with Crippen LogP contribution in [0.4, 0.5) is 5.69 Å². The monoisotopic (exact) mass is 452 g/mol. The summed E-state index contributed by atoms with van der Waals surface area (Å²) in [6.45, 7) is 4.14. The molecule has 4 aromatic rings. The van der Waals surface area contributed by atoms with Crippen molar-refractivity contribution in [1.82, 2.24) is 23.9 Å². The lowest BCUT2D eigenvalue weighted by molar-refractivity contribution is 0.102. The molecule has 0 fully saturated rings. The Morgan fingerprint density at radius 1 is 1.09 bits per heavy atom. The van der Waals surface area contributed by atoms with Crippen molar-refractivity contribution in [2.75, 3.05) is 5.32 Å². The minimum Gasteiger partial charge on any atom is -0.320 e. The Morgan fingerprint density at radius 2 is 1.78 bits per heavy atom. The summed E-state index contributed by atoms with van der Waals surface area (Å²) < 4.78 is 3.84. The maximum absolute atomic E-state index is 13.0. The predicted molar refractivity (Wildman–Crippen MR) is 122 cm³/mol. The topological polar surface area (TPSA) is 104 Å². The Bertz CT molecular complexity index is 1480. The maximum Gasteiger partial charge on any atom is 0.332 e. The first kappa shape index (κ1) is 21.5. The molecule has 0 saturated carbocycles. The molecule has 0 saturated heterocycles. The number of hydrogen-bond donors (Lipinski definition) is 1. The molecule has 1 N–H and O–H groups in total. The molecule has 4 rings (SSSR count). The fraction of sp³-hybridized carbons (Fsp3) is 0.227. The lowest BCUT2D eigenvalue weighted by Crippen LogP contribution is -2.37. The number of pyridine rings is 1. The fourth-order valence-corrected chi connectivity index (χ4v) is 3.83. The van der Waals surface area contributed by atoms with Crippen molar-refractivity contribution < 1.29 is 4.79 Å². The highest BCUT2D eigenvalue weighted by atomic mass is 35.5. The van der Waals surface area contributed by atoms with Gasteiger partial charge < -0.3 is 5.32 Å². The molecule has 32 heavy (non-hydrogen) atoms. The number of hydrogen-bond acceptors (Lipinski definition) is 5. The van der Waals surface area contributed by atoms with Crippen LogP contribution in [0.1, 0.15) is 27.2 Å². The quantitative estimate of drug-likeness (QED) is 0.512. The number of rotatable bonds is 4. The first-order chi connectivity index (χ1) is 15.2. The summed E-state index contributed by atoms with van der Waals surface area (Å²) in [6, 6.07) is 9.45. The standard InChI is InChI=1S/C22H21ClN6O3/c1-12-5-7-14(8-6-12)11-29-18(23)17(13(2)26-29)20(30)25-15-9-16-19(24-10-15)27(3)22(32)28(4)21(16)31/h5-10H,11H2,1-4H3,(H,25,30). The number of halogens is 1. The zero-order valence-corrected chi connectivity index (χ0v) is 18.8. The van der Waals surface area contributed by atoms with Crippen LogP contribution in [-0.4, -0.2) is 29.8 Å². The van der Waals surface area contributed by atoms with Gasteiger partial charge in [0.2, 0.25) is 0 Å². The highest BCUT2D eigenvalue weighted by Crippen LogP contribution is 2.23. The van der Waals surface area contributed by atoms with E-state index in [0.29, 0.717) is 17.9 Å². The predicted octanol–water partition coefficient (Wildman–Crippen LogP) is 2.40. The number of aryl methyl sites for hydroxylation is 3. The summed E-state index contributed by atoms with van der Waals surface area (Å²) >= 11 is 6.48. The van der Waals surface area contributed by atoms with Gasteiger partial charge in [0, 0.05) is 14.1 Å².